The molecule has 28 heavy (non-hydrogen) atoms. The lowest BCUT2D eigenvalue weighted by Crippen LogP contribution is -2.50. The smallest absolute Gasteiger partial charge is 0.253 e. The van der Waals surface area contributed by atoms with E-state index in [1.165, 1.54) is 4.31 Å². The van der Waals surface area contributed by atoms with Crippen LogP contribution in [0.2, 0.25) is 5.02 Å². The van der Waals surface area contributed by atoms with Gasteiger partial charge in [-0.15, -0.1) is 0 Å². The summed E-state index contributed by atoms with van der Waals surface area (Å²) in [7, 11) is -2.06. The van der Waals surface area contributed by atoms with Crippen LogP contribution in [0.15, 0.2) is 41.3 Å². The van der Waals surface area contributed by atoms with E-state index in [2.05, 4.69) is 0 Å². The molecular weight excluding hydrogens is 400 g/mol. The number of aryl methyl sites for hydroxylation is 2. The van der Waals surface area contributed by atoms with Crippen LogP contribution in [-0.2, 0) is 10.0 Å². The van der Waals surface area contributed by atoms with Crippen LogP contribution < -0.4 is 4.74 Å². The molecule has 0 radical (unpaired) electrons. The molecule has 6 nitrogen and oxygen atoms in total. The second kappa shape index (κ2) is 8.11. The molecule has 150 valence electrons. The van der Waals surface area contributed by atoms with Crippen molar-refractivity contribution >= 4 is 27.5 Å². The Balaban J connectivity index is 1.73. The fourth-order valence-electron chi connectivity index (χ4n) is 3.44. The molecule has 0 bridgehead atoms. The highest BCUT2D eigenvalue weighted by Crippen LogP contribution is 2.28. The van der Waals surface area contributed by atoms with Crippen molar-refractivity contribution in [3.05, 3.63) is 58.1 Å². The van der Waals surface area contributed by atoms with Gasteiger partial charge in [0.05, 0.1) is 12.0 Å². The van der Waals surface area contributed by atoms with E-state index in [0.717, 1.165) is 11.1 Å². The first kappa shape index (κ1) is 20.6. The molecule has 0 aromatic heterocycles. The molecule has 0 saturated carbocycles. The maximum Gasteiger partial charge on any atom is 0.253 e. The molecule has 1 amide bonds. The minimum absolute atomic E-state index is 0.121. The highest BCUT2D eigenvalue weighted by Gasteiger charge is 2.31. The number of piperazine rings is 1. The molecule has 1 aliphatic rings. The number of ether oxygens (including phenoxy) is 1. The van der Waals surface area contributed by atoms with Gasteiger partial charge in [-0.05, 0) is 61.4 Å². The lowest BCUT2D eigenvalue weighted by atomic mass is 10.1. The molecule has 2 aromatic rings. The molecular formula is C20H23ClN2O4S. The van der Waals surface area contributed by atoms with Gasteiger partial charge in [-0.2, -0.15) is 4.31 Å². The van der Waals surface area contributed by atoms with Gasteiger partial charge in [-0.3, -0.25) is 4.79 Å². The maximum absolute atomic E-state index is 13.0. The molecule has 1 aliphatic heterocycles. The van der Waals surface area contributed by atoms with Crippen molar-refractivity contribution in [3.63, 3.8) is 0 Å². The van der Waals surface area contributed by atoms with Gasteiger partial charge in [0.1, 0.15) is 5.75 Å². The summed E-state index contributed by atoms with van der Waals surface area (Å²) >= 11 is 5.86. The van der Waals surface area contributed by atoms with Crippen molar-refractivity contribution < 1.29 is 17.9 Å². The SMILES string of the molecule is COc1c(C)cc(S(=O)(=O)N2CCN(C(=O)c3ccc(Cl)cc3)CC2)cc1C. The molecule has 8 heteroatoms. The van der Waals surface area contributed by atoms with Crippen LogP contribution >= 0.6 is 11.6 Å². The number of carbonyl (C=O) groups excluding carboxylic acids is 1. The number of carbonyl (C=O) groups is 1. The first-order valence-corrected chi connectivity index (χ1v) is 10.8. The molecule has 0 aliphatic carbocycles. The summed E-state index contributed by atoms with van der Waals surface area (Å²) in [5, 5.41) is 0.567. The van der Waals surface area contributed by atoms with E-state index < -0.39 is 10.0 Å². The zero-order valence-corrected chi connectivity index (χ0v) is 17.7. The Labute approximate surface area is 170 Å². The molecule has 0 atom stereocenters. The molecule has 3 rings (SSSR count). The number of hydrogen-bond acceptors (Lipinski definition) is 4. The number of sulfonamides is 1. The molecule has 0 N–H and O–H groups in total. The lowest BCUT2D eigenvalue weighted by Gasteiger charge is -2.34. The number of amides is 1. The van der Waals surface area contributed by atoms with Gasteiger partial charge < -0.3 is 9.64 Å². The number of benzene rings is 2. The van der Waals surface area contributed by atoms with E-state index in [-0.39, 0.29) is 23.9 Å². The Morgan fingerprint density at radius 1 is 1.00 bits per heavy atom. The number of methoxy groups -OCH3 is 1. The zero-order chi connectivity index (χ0) is 20.5. The fraction of sp³-hybridized carbons (Fsp3) is 0.350. The number of hydrogen-bond donors (Lipinski definition) is 0. The lowest BCUT2D eigenvalue weighted by molar-refractivity contribution is 0.0698. The zero-order valence-electron chi connectivity index (χ0n) is 16.1. The van der Waals surface area contributed by atoms with Crippen molar-refractivity contribution in [3.8, 4) is 5.75 Å². The summed E-state index contributed by atoms with van der Waals surface area (Å²) in [6, 6.07) is 9.96. The third-order valence-corrected chi connectivity index (χ3v) is 7.02. The summed E-state index contributed by atoms with van der Waals surface area (Å²) in [5.74, 6) is 0.571. The van der Waals surface area contributed by atoms with Crippen LogP contribution in [-0.4, -0.2) is 56.8 Å². The van der Waals surface area contributed by atoms with Gasteiger partial charge in [0.25, 0.3) is 5.91 Å². The number of rotatable bonds is 4. The Bertz CT molecular complexity index is 959. The summed E-state index contributed by atoms with van der Waals surface area (Å²) in [6.45, 7) is 4.85. The van der Waals surface area contributed by atoms with Gasteiger partial charge >= 0.3 is 0 Å². The Kier molecular flexibility index (Phi) is 5.98. The summed E-state index contributed by atoms with van der Waals surface area (Å²) in [4.78, 5) is 14.5. The average Bonchev–Trinajstić information content (AvgIpc) is 2.68. The van der Waals surface area contributed by atoms with Crippen LogP contribution in [0.5, 0.6) is 5.75 Å². The van der Waals surface area contributed by atoms with E-state index >= 15 is 0 Å². The van der Waals surface area contributed by atoms with E-state index in [1.807, 2.05) is 13.8 Å². The monoisotopic (exact) mass is 422 g/mol. The molecule has 1 fully saturated rings. The van der Waals surface area contributed by atoms with Crippen LogP contribution in [0.4, 0.5) is 0 Å². The van der Waals surface area contributed by atoms with Gasteiger partial charge in [0, 0.05) is 36.8 Å². The molecule has 0 spiro atoms. The van der Waals surface area contributed by atoms with E-state index in [1.54, 1.807) is 48.4 Å². The maximum atomic E-state index is 13.0. The predicted molar refractivity (Wildman–Crippen MR) is 109 cm³/mol. The third kappa shape index (κ3) is 4.01. The Morgan fingerprint density at radius 2 is 1.54 bits per heavy atom. The Hall–Kier alpha value is -2.09. The largest absolute Gasteiger partial charge is 0.496 e. The van der Waals surface area contributed by atoms with Gasteiger partial charge in [-0.1, -0.05) is 11.6 Å². The molecule has 0 unspecified atom stereocenters. The number of halogens is 1. The predicted octanol–water partition coefficient (Wildman–Crippen LogP) is 3.11. The second-order valence-corrected chi connectivity index (χ2v) is 9.17. The van der Waals surface area contributed by atoms with Crippen LogP contribution in [0.1, 0.15) is 21.5 Å². The summed E-state index contributed by atoms with van der Waals surface area (Å²) in [6.07, 6.45) is 0. The Morgan fingerprint density at radius 3 is 2.04 bits per heavy atom. The van der Waals surface area contributed by atoms with E-state index in [4.69, 9.17) is 16.3 Å². The number of nitrogens with zero attached hydrogens (tertiary/aromatic N) is 2. The van der Waals surface area contributed by atoms with Crippen molar-refractivity contribution in [2.75, 3.05) is 33.3 Å². The van der Waals surface area contributed by atoms with Crippen LogP contribution in [0.25, 0.3) is 0 Å². The summed E-state index contributed by atoms with van der Waals surface area (Å²) in [5.41, 5.74) is 2.09. The molecule has 2 aromatic carbocycles. The minimum atomic E-state index is -3.63. The first-order chi connectivity index (χ1) is 13.2. The topological polar surface area (TPSA) is 66.9 Å². The molecule has 1 saturated heterocycles. The van der Waals surface area contributed by atoms with E-state index in [9.17, 15) is 13.2 Å². The average molecular weight is 423 g/mol. The minimum Gasteiger partial charge on any atom is -0.496 e. The second-order valence-electron chi connectivity index (χ2n) is 6.79. The van der Waals surface area contributed by atoms with Crippen LogP contribution in [0, 0.1) is 13.8 Å². The fourth-order valence-corrected chi connectivity index (χ4v) is 5.16. The van der Waals surface area contributed by atoms with Crippen molar-refractivity contribution in [2.45, 2.75) is 18.7 Å². The van der Waals surface area contributed by atoms with Crippen molar-refractivity contribution in [1.29, 1.82) is 0 Å². The van der Waals surface area contributed by atoms with Crippen molar-refractivity contribution in [1.82, 2.24) is 9.21 Å². The quantitative estimate of drug-likeness (QED) is 0.759. The molecule has 1 heterocycles. The van der Waals surface area contributed by atoms with Crippen molar-refractivity contribution in [2.24, 2.45) is 0 Å². The van der Waals surface area contributed by atoms with Crippen LogP contribution in [0.3, 0.4) is 0 Å². The highest BCUT2D eigenvalue weighted by atomic mass is 35.5. The first-order valence-electron chi connectivity index (χ1n) is 8.94. The van der Waals surface area contributed by atoms with E-state index in [0.29, 0.717) is 29.4 Å². The normalized spacial score (nSPS) is 15.5. The standard InChI is InChI=1S/C20H23ClN2O4S/c1-14-12-18(13-15(2)19(14)27-3)28(25,26)23-10-8-22(9-11-23)20(24)16-4-6-17(21)7-5-16/h4-7,12-13H,8-11H2,1-3H3. The van der Waals surface area contributed by atoms with Gasteiger partial charge in [0.15, 0.2) is 0 Å². The van der Waals surface area contributed by atoms with Gasteiger partial charge in [0.2, 0.25) is 10.0 Å². The summed E-state index contributed by atoms with van der Waals surface area (Å²) < 4.78 is 32.8. The highest BCUT2D eigenvalue weighted by molar-refractivity contribution is 7.89. The third-order valence-electron chi connectivity index (χ3n) is 4.89. The van der Waals surface area contributed by atoms with Gasteiger partial charge in [-0.25, -0.2) is 8.42 Å².